The fourth-order valence-corrected chi connectivity index (χ4v) is 0.817. The molecule has 0 saturated heterocycles. The van der Waals surface area contributed by atoms with Crippen molar-refractivity contribution in [3.05, 3.63) is 30.7 Å². The summed E-state index contributed by atoms with van der Waals surface area (Å²) in [6.07, 6.45) is 6.53. The third-order valence-electron chi connectivity index (χ3n) is 1.42. The van der Waals surface area contributed by atoms with Gasteiger partial charge in [-0.25, -0.2) is 0 Å². The zero-order valence-electron chi connectivity index (χ0n) is 5.04. The predicted molar refractivity (Wildman–Crippen MR) is 35.1 cm³/mol. The van der Waals surface area contributed by atoms with Gasteiger partial charge in [-0.2, -0.15) is 0 Å². The van der Waals surface area contributed by atoms with Gasteiger partial charge in [0.15, 0.2) is 0 Å². The highest BCUT2D eigenvalue weighted by Crippen LogP contribution is 2.19. The van der Waals surface area contributed by atoms with E-state index < -0.39 is 0 Å². The fraction of sp³-hybridized carbons (Fsp3) is 0.375. The third kappa shape index (κ3) is 0.945. The molecule has 8 heavy (non-hydrogen) atoms. The summed E-state index contributed by atoms with van der Waals surface area (Å²) in [7, 11) is 0. The normalized spacial score (nSPS) is 20.5. The van der Waals surface area contributed by atoms with Crippen molar-refractivity contribution in [3.8, 4) is 0 Å². The number of allylic oxidation sites excluding steroid dienone is 3. The molecule has 0 aromatic carbocycles. The second-order valence-corrected chi connectivity index (χ2v) is 2.11. The van der Waals surface area contributed by atoms with Crippen LogP contribution in [0.4, 0.5) is 0 Å². The second-order valence-electron chi connectivity index (χ2n) is 2.11. The van der Waals surface area contributed by atoms with E-state index in [4.69, 9.17) is 0 Å². The molecule has 1 aliphatic rings. The minimum Gasteiger partial charge on any atom is -0.0952 e. The molecule has 0 saturated carbocycles. The SMILES string of the molecule is C=C1CCC[C-]=C1[CH2+]. The molecule has 0 bridgehead atoms. The third-order valence-corrected chi connectivity index (χ3v) is 1.42. The summed E-state index contributed by atoms with van der Waals surface area (Å²) in [5.74, 6) is 0. The van der Waals surface area contributed by atoms with Crippen LogP contribution in [-0.4, -0.2) is 0 Å². The Morgan fingerprint density at radius 2 is 2.38 bits per heavy atom. The molecule has 42 valence electrons. The van der Waals surface area contributed by atoms with E-state index in [-0.39, 0.29) is 0 Å². The van der Waals surface area contributed by atoms with Crippen LogP contribution >= 0.6 is 0 Å². The van der Waals surface area contributed by atoms with E-state index in [9.17, 15) is 0 Å². The largest absolute Gasteiger partial charge is 0.0952 e. The van der Waals surface area contributed by atoms with Crippen LogP contribution in [0.5, 0.6) is 0 Å². The monoisotopic (exact) mass is 106 g/mol. The van der Waals surface area contributed by atoms with Gasteiger partial charge in [-0.1, -0.05) is 13.5 Å². The molecule has 1 rings (SSSR count). The second kappa shape index (κ2) is 2.08. The van der Waals surface area contributed by atoms with Crippen LogP contribution in [-0.2, 0) is 0 Å². The van der Waals surface area contributed by atoms with E-state index in [2.05, 4.69) is 19.6 Å². The van der Waals surface area contributed by atoms with E-state index in [0.29, 0.717) is 0 Å². The van der Waals surface area contributed by atoms with E-state index >= 15 is 0 Å². The first-order chi connectivity index (χ1) is 3.80. The molecule has 0 aromatic rings. The molecule has 0 aromatic heterocycles. The Morgan fingerprint density at radius 1 is 1.62 bits per heavy atom. The maximum atomic E-state index is 3.83. The molecular weight excluding hydrogens is 96.1 g/mol. The summed E-state index contributed by atoms with van der Waals surface area (Å²) < 4.78 is 0. The quantitative estimate of drug-likeness (QED) is 0.415. The first-order valence-electron chi connectivity index (χ1n) is 2.91. The average Bonchev–Trinajstić information content (AvgIpc) is 1.77. The summed E-state index contributed by atoms with van der Waals surface area (Å²) in [5.41, 5.74) is 2.19. The summed E-state index contributed by atoms with van der Waals surface area (Å²) in [6.45, 7) is 7.62. The van der Waals surface area contributed by atoms with Gasteiger partial charge >= 0.3 is 0 Å². The molecule has 0 spiro atoms. The molecule has 0 heteroatoms. The van der Waals surface area contributed by atoms with E-state index in [1.165, 1.54) is 6.42 Å². The molecule has 0 radical (unpaired) electrons. The number of hydrogen-bond acceptors (Lipinski definition) is 0. The van der Waals surface area contributed by atoms with E-state index in [1.54, 1.807) is 0 Å². The maximum absolute atomic E-state index is 3.83. The first-order valence-corrected chi connectivity index (χ1v) is 2.91. The molecule has 0 atom stereocenters. The van der Waals surface area contributed by atoms with Crippen molar-refractivity contribution < 1.29 is 0 Å². The van der Waals surface area contributed by atoms with Gasteiger partial charge in [0.2, 0.25) is 0 Å². The highest BCUT2D eigenvalue weighted by molar-refractivity contribution is 5.29. The summed E-state index contributed by atoms with van der Waals surface area (Å²) in [6, 6.07) is 0. The Hall–Kier alpha value is -0.650. The van der Waals surface area contributed by atoms with E-state index in [0.717, 1.165) is 24.0 Å². The zero-order valence-corrected chi connectivity index (χ0v) is 5.04. The number of hydrogen-bond donors (Lipinski definition) is 0. The summed E-state index contributed by atoms with van der Waals surface area (Å²) in [4.78, 5) is 0. The van der Waals surface area contributed by atoms with Crippen LogP contribution in [0.2, 0.25) is 0 Å². The standard InChI is InChI=1S/C8H10/c1-7-5-3-4-6-8(7)2/h1-5H2. The Labute approximate surface area is 50.9 Å². The van der Waals surface area contributed by atoms with Crippen molar-refractivity contribution >= 4 is 0 Å². The van der Waals surface area contributed by atoms with Gasteiger partial charge in [0.05, 0.1) is 0 Å². The summed E-state index contributed by atoms with van der Waals surface area (Å²) in [5, 5.41) is 0. The maximum Gasteiger partial charge on any atom is -0.0267 e. The van der Waals surface area contributed by atoms with Crippen molar-refractivity contribution in [2.45, 2.75) is 19.3 Å². The Balaban J connectivity index is 2.67. The van der Waals surface area contributed by atoms with Crippen LogP contribution in [0.15, 0.2) is 17.7 Å². The minimum atomic E-state index is 1.02. The van der Waals surface area contributed by atoms with Crippen molar-refractivity contribution in [2.75, 3.05) is 0 Å². The highest BCUT2D eigenvalue weighted by atomic mass is 14.1. The minimum absolute atomic E-state index is 1.02. The van der Waals surface area contributed by atoms with Crippen molar-refractivity contribution in [2.24, 2.45) is 0 Å². The zero-order chi connectivity index (χ0) is 5.98. The lowest BCUT2D eigenvalue weighted by Crippen LogP contribution is -1.91. The summed E-state index contributed by atoms with van der Waals surface area (Å²) >= 11 is 0. The Morgan fingerprint density at radius 3 is 2.75 bits per heavy atom. The molecular formula is C8H10. The van der Waals surface area contributed by atoms with Crippen LogP contribution in [0, 0.1) is 13.0 Å². The topological polar surface area (TPSA) is 0 Å². The lowest BCUT2D eigenvalue weighted by atomic mass is 9.96. The van der Waals surface area contributed by atoms with Crippen LogP contribution in [0.25, 0.3) is 0 Å². The molecule has 0 aliphatic heterocycles. The average molecular weight is 106 g/mol. The molecule has 0 heterocycles. The van der Waals surface area contributed by atoms with Crippen LogP contribution in [0.3, 0.4) is 0 Å². The Bertz CT molecular complexity index is 129. The van der Waals surface area contributed by atoms with Gasteiger partial charge in [-0.15, -0.1) is 0 Å². The first kappa shape index (κ1) is 5.49. The van der Waals surface area contributed by atoms with Gasteiger partial charge in [-0.3, -0.25) is 0 Å². The smallest absolute Gasteiger partial charge is 0.0267 e. The highest BCUT2D eigenvalue weighted by Gasteiger charge is 2.01. The lowest BCUT2D eigenvalue weighted by molar-refractivity contribution is 0.795. The van der Waals surface area contributed by atoms with Crippen molar-refractivity contribution in [1.82, 2.24) is 0 Å². The van der Waals surface area contributed by atoms with Gasteiger partial charge in [0, 0.05) is 0 Å². The Kier molecular flexibility index (Phi) is 1.43. The van der Waals surface area contributed by atoms with Gasteiger partial charge in [0.25, 0.3) is 0 Å². The fourth-order valence-electron chi connectivity index (χ4n) is 0.817. The van der Waals surface area contributed by atoms with Crippen molar-refractivity contribution in [1.29, 1.82) is 0 Å². The molecule has 0 N–H and O–H groups in total. The molecule has 0 amide bonds. The molecule has 0 nitrogen and oxygen atoms in total. The lowest BCUT2D eigenvalue weighted by Gasteiger charge is -2.09. The molecule has 1 aliphatic carbocycles. The van der Waals surface area contributed by atoms with E-state index in [1.807, 2.05) is 0 Å². The van der Waals surface area contributed by atoms with Gasteiger partial charge < -0.3 is 0 Å². The molecule has 0 unspecified atom stereocenters. The van der Waals surface area contributed by atoms with Crippen molar-refractivity contribution in [3.63, 3.8) is 0 Å². The van der Waals surface area contributed by atoms with Crippen LogP contribution in [0.1, 0.15) is 19.3 Å². The number of rotatable bonds is 0. The molecule has 0 fully saturated rings. The van der Waals surface area contributed by atoms with Gasteiger partial charge in [-0.05, 0) is 36.5 Å². The van der Waals surface area contributed by atoms with Gasteiger partial charge in [0.1, 0.15) is 0 Å². The van der Waals surface area contributed by atoms with Crippen LogP contribution < -0.4 is 0 Å². The predicted octanol–water partition coefficient (Wildman–Crippen LogP) is 2.29.